The summed E-state index contributed by atoms with van der Waals surface area (Å²) in [6.07, 6.45) is 76.6. The maximum Gasteiger partial charge on any atom is 0.472 e. The van der Waals surface area contributed by atoms with Gasteiger partial charge < -0.3 is 33.8 Å². The van der Waals surface area contributed by atoms with Crippen LogP contribution in [0.3, 0.4) is 0 Å². The molecule has 19 heteroatoms. The summed E-state index contributed by atoms with van der Waals surface area (Å²) < 4.78 is 68.3. The summed E-state index contributed by atoms with van der Waals surface area (Å²) in [5.74, 6) is -2.34. The summed E-state index contributed by atoms with van der Waals surface area (Å²) in [6.45, 7) is 4.47. The number of aliphatic hydroxyl groups is 1. The van der Waals surface area contributed by atoms with Crippen LogP contribution in [0.5, 0.6) is 0 Å². The van der Waals surface area contributed by atoms with Crippen LogP contribution in [0.1, 0.15) is 297 Å². The predicted molar refractivity (Wildman–Crippen MR) is 399 cm³/mol. The lowest BCUT2D eigenvalue weighted by molar-refractivity contribution is -0.161. The van der Waals surface area contributed by atoms with Gasteiger partial charge in [0.05, 0.1) is 32.8 Å². The summed E-state index contributed by atoms with van der Waals surface area (Å²) in [6, 6.07) is 0. The number of hydrogen-bond acceptors (Lipinski definition) is 15. The van der Waals surface area contributed by atoms with Crippen molar-refractivity contribution >= 4 is 39.5 Å². The molecule has 0 aromatic heterocycles. The van der Waals surface area contributed by atoms with Crippen molar-refractivity contribution in [3.63, 3.8) is 0 Å². The van der Waals surface area contributed by atoms with Crippen LogP contribution in [0, 0.1) is 0 Å². The van der Waals surface area contributed by atoms with Crippen molar-refractivity contribution in [2.24, 2.45) is 0 Å². The minimum absolute atomic E-state index is 0.0635. The van der Waals surface area contributed by atoms with Gasteiger partial charge in [0, 0.05) is 19.3 Å². The molecule has 0 fully saturated rings. The van der Waals surface area contributed by atoms with E-state index in [0.717, 1.165) is 154 Å². The van der Waals surface area contributed by atoms with E-state index in [1.165, 1.54) is 64.2 Å². The lowest BCUT2D eigenvalue weighted by atomic mass is 10.0. The van der Waals surface area contributed by atoms with Crippen molar-refractivity contribution in [3.05, 3.63) is 122 Å². The minimum Gasteiger partial charge on any atom is -0.462 e. The molecule has 5 atom stereocenters. The quantitative estimate of drug-likeness (QED) is 0.0169. The molecule has 0 aromatic carbocycles. The van der Waals surface area contributed by atoms with Gasteiger partial charge in [0.15, 0.2) is 12.2 Å². The SMILES string of the molecule is CC/C=C\C/C=C\C/C=C\C/C=C\C/C=C\CC(=O)OCC(COP(=O)(O)OCC(O)COP(=O)(O)OCC(COC(=O)CCCCCCCC/C=C\C/C=C\C/C=C\C/C=C\CC)OC(=O)CCCCCCCCCCCCCCC)OC(=O)CCCCCCC/C=C\CCCC. The molecule has 562 valence electrons. The number of aliphatic hydroxyl groups excluding tert-OH is 1. The van der Waals surface area contributed by atoms with Crippen LogP contribution in [-0.2, 0) is 65.4 Å². The largest absolute Gasteiger partial charge is 0.472 e. The molecule has 0 aliphatic rings. The van der Waals surface area contributed by atoms with Crippen molar-refractivity contribution in [2.75, 3.05) is 39.6 Å². The lowest BCUT2D eigenvalue weighted by Crippen LogP contribution is -2.30. The third-order valence-electron chi connectivity index (χ3n) is 15.5. The highest BCUT2D eigenvalue weighted by Crippen LogP contribution is 2.45. The van der Waals surface area contributed by atoms with Crippen LogP contribution in [-0.4, -0.2) is 96.7 Å². The summed E-state index contributed by atoms with van der Waals surface area (Å²) in [5, 5.41) is 10.6. The van der Waals surface area contributed by atoms with Crippen LogP contribution in [0.15, 0.2) is 122 Å². The Labute approximate surface area is 593 Å². The van der Waals surface area contributed by atoms with Crippen molar-refractivity contribution in [3.8, 4) is 0 Å². The predicted octanol–water partition coefficient (Wildman–Crippen LogP) is 21.6. The Morgan fingerprint density at radius 2 is 0.582 bits per heavy atom. The zero-order valence-corrected chi connectivity index (χ0v) is 63.0. The zero-order chi connectivity index (χ0) is 71.8. The molecule has 0 spiro atoms. The zero-order valence-electron chi connectivity index (χ0n) is 61.2. The normalized spacial score (nSPS) is 14.6. The third-order valence-corrected chi connectivity index (χ3v) is 17.4. The molecule has 0 aromatic rings. The fraction of sp³-hybridized carbons (Fsp3) is 0.696. The van der Waals surface area contributed by atoms with E-state index < -0.39 is 97.5 Å². The molecule has 0 heterocycles. The Morgan fingerprint density at radius 3 is 0.949 bits per heavy atom. The highest BCUT2D eigenvalue weighted by Gasteiger charge is 2.30. The van der Waals surface area contributed by atoms with Gasteiger partial charge in [-0.3, -0.25) is 37.3 Å². The van der Waals surface area contributed by atoms with Crippen molar-refractivity contribution in [1.82, 2.24) is 0 Å². The Kier molecular flexibility index (Phi) is 67.6. The number of carbonyl (C=O) groups excluding carboxylic acids is 4. The molecule has 0 bridgehead atoms. The smallest absolute Gasteiger partial charge is 0.462 e. The molecule has 0 aliphatic heterocycles. The third kappa shape index (κ3) is 69.9. The molecule has 0 saturated carbocycles. The second-order valence-electron chi connectivity index (χ2n) is 24.8. The van der Waals surface area contributed by atoms with Gasteiger partial charge in [-0.15, -0.1) is 0 Å². The maximum atomic E-state index is 13.1. The van der Waals surface area contributed by atoms with E-state index in [1.807, 2.05) is 18.2 Å². The monoisotopic (exact) mass is 1420 g/mol. The second-order valence-corrected chi connectivity index (χ2v) is 27.8. The van der Waals surface area contributed by atoms with Gasteiger partial charge >= 0.3 is 39.5 Å². The fourth-order valence-corrected chi connectivity index (χ4v) is 11.3. The molecular weight excluding hydrogens is 1280 g/mol. The number of phosphoric ester groups is 2. The van der Waals surface area contributed by atoms with E-state index >= 15 is 0 Å². The Balaban J connectivity index is 5.37. The standard InChI is InChI=1S/C79H134O17P2/c1-5-9-13-17-21-25-29-32-34-35-36-37-39-42-45-48-52-56-60-64-77(82)90-70-75(96-79(84)66-62-58-54-50-46-40-31-27-23-19-15-11-7-3)72-94-98(87,88)92-68-73(80)67-91-97(85,86)93-71-74(95-78(83)65-61-57-53-49-43-28-24-20-16-12-8-4)69-89-76(81)63-59-55-51-47-44-41-38-33-30-26-22-18-14-10-6-2/h9-10,13-14,20-22,24-26,32-34,36-38,44,47,55,59,73-75,80H,5-8,11-12,15-19,23,27-31,35,39-43,45-46,48-54,56-58,60-72H2,1-4H3,(H,85,86)(H,87,88)/b13-9-,14-10-,24-20-,25-21-,26-22-,34-32-,37-36-,38-33-,47-44-,59-55-. The number of ether oxygens (including phenoxy) is 4. The molecule has 0 rings (SSSR count). The van der Waals surface area contributed by atoms with Gasteiger partial charge in [-0.2, -0.15) is 0 Å². The van der Waals surface area contributed by atoms with E-state index in [0.29, 0.717) is 25.7 Å². The summed E-state index contributed by atoms with van der Waals surface area (Å²) in [4.78, 5) is 72.7. The average molecular weight is 1420 g/mol. The van der Waals surface area contributed by atoms with Gasteiger partial charge in [-0.25, -0.2) is 9.13 Å². The fourth-order valence-electron chi connectivity index (χ4n) is 9.74. The first-order valence-corrected chi connectivity index (χ1v) is 40.8. The van der Waals surface area contributed by atoms with Gasteiger partial charge in [0.2, 0.25) is 0 Å². The summed E-state index contributed by atoms with van der Waals surface area (Å²) in [5.41, 5.74) is 0. The molecule has 0 saturated heterocycles. The molecule has 3 N–H and O–H groups in total. The molecule has 0 radical (unpaired) electrons. The number of unbranched alkanes of at least 4 members (excludes halogenated alkanes) is 25. The van der Waals surface area contributed by atoms with Gasteiger partial charge in [0.25, 0.3) is 0 Å². The van der Waals surface area contributed by atoms with E-state index in [4.69, 9.17) is 37.0 Å². The molecule has 98 heavy (non-hydrogen) atoms. The van der Waals surface area contributed by atoms with Crippen LogP contribution < -0.4 is 0 Å². The van der Waals surface area contributed by atoms with Crippen molar-refractivity contribution in [1.29, 1.82) is 0 Å². The number of allylic oxidation sites excluding steroid dienone is 19. The van der Waals surface area contributed by atoms with Crippen molar-refractivity contribution in [2.45, 2.75) is 316 Å². The van der Waals surface area contributed by atoms with Crippen LogP contribution >= 0.6 is 15.6 Å². The highest BCUT2D eigenvalue weighted by atomic mass is 31.2. The maximum absolute atomic E-state index is 13.1. The second kappa shape index (κ2) is 70.9. The number of rotatable bonds is 70. The number of phosphoric acid groups is 2. The first-order valence-electron chi connectivity index (χ1n) is 37.8. The van der Waals surface area contributed by atoms with E-state index in [-0.39, 0.29) is 25.7 Å². The van der Waals surface area contributed by atoms with Crippen LogP contribution in [0.25, 0.3) is 0 Å². The van der Waals surface area contributed by atoms with Gasteiger partial charge in [-0.1, -0.05) is 284 Å². The lowest BCUT2D eigenvalue weighted by Gasteiger charge is -2.21. The first kappa shape index (κ1) is 93.5. The topological polar surface area (TPSA) is 237 Å². The van der Waals surface area contributed by atoms with Crippen LogP contribution in [0.4, 0.5) is 0 Å². The first-order chi connectivity index (χ1) is 47.7. The van der Waals surface area contributed by atoms with E-state index in [1.54, 1.807) is 6.08 Å². The molecule has 0 aliphatic carbocycles. The van der Waals surface area contributed by atoms with E-state index in [9.17, 15) is 43.2 Å². The summed E-state index contributed by atoms with van der Waals surface area (Å²) >= 11 is 0. The Morgan fingerprint density at radius 1 is 0.306 bits per heavy atom. The molecular formula is C79H134O17P2. The highest BCUT2D eigenvalue weighted by molar-refractivity contribution is 7.47. The van der Waals surface area contributed by atoms with E-state index in [2.05, 4.69) is 125 Å². The van der Waals surface area contributed by atoms with Gasteiger partial charge in [-0.05, 0) is 109 Å². The van der Waals surface area contributed by atoms with Crippen LogP contribution in [0.2, 0.25) is 0 Å². The Hall–Kier alpha value is -4.54. The average Bonchev–Trinajstić information content (AvgIpc) is 1.94. The number of carbonyl (C=O) groups is 4. The van der Waals surface area contributed by atoms with Gasteiger partial charge in [0.1, 0.15) is 19.3 Å². The van der Waals surface area contributed by atoms with Crippen molar-refractivity contribution < 1.29 is 80.2 Å². The Bertz CT molecular complexity index is 2340. The number of hydrogen-bond donors (Lipinski definition) is 3. The summed E-state index contributed by atoms with van der Waals surface area (Å²) in [7, 11) is -9.97. The molecule has 5 unspecified atom stereocenters. The molecule has 0 amide bonds. The molecule has 17 nitrogen and oxygen atoms in total. The number of esters is 4. The minimum atomic E-state index is -4.99.